The van der Waals surface area contributed by atoms with Gasteiger partial charge in [0, 0.05) is 11.6 Å². The van der Waals surface area contributed by atoms with Gasteiger partial charge in [-0.25, -0.2) is 0 Å². The Labute approximate surface area is 112 Å². The molecule has 1 aliphatic carbocycles. The van der Waals surface area contributed by atoms with E-state index in [1.54, 1.807) is 0 Å². The molecule has 1 aliphatic rings. The van der Waals surface area contributed by atoms with Gasteiger partial charge in [-0.2, -0.15) is 13.2 Å². The average Bonchev–Trinajstić information content (AvgIpc) is 3.18. The third-order valence-corrected chi connectivity index (χ3v) is 3.01. The molecule has 0 atom stereocenters. The Hall–Kier alpha value is -2.05. The van der Waals surface area contributed by atoms with Crippen molar-refractivity contribution in [2.75, 3.05) is 6.54 Å². The van der Waals surface area contributed by atoms with Crippen molar-refractivity contribution in [2.24, 2.45) is 0 Å². The van der Waals surface area contributed by atoms with E-state index in [4.69, 9.17) is 5.11 Å². The number of carbonyl (C=O) groups is 2. The Morgan fingerprint density at radius 3 is 2.15 bits per heavy atom. The van der Waals surface area contributed by atoms with E-state index in [0.29, 0.717) is 0 Å². The van der Waals surface area contributed by atoms with Crippen molar-refractivity contribution in [1.29, 1.82) is 0 Å². The lowest BCUT2D eigenvalue weighted by molar-refractivity contribution is -0.138. The van der Waals surface area contributed by atoms with Crippen LogP contribution in [0.4, 0.5) is 13.2 Å². The number of amides is 1. The highest BCUT2D eigenvalue weighted by Gasteiger charge is 2.35. The minimum absolute atomic E-state index is 0.0613. The molecular formula is C13H12F3NO3. The SMILES string of the molecule is O=C(O)CN(C(=O)c1ccc(C(F)(F)F)cc1)C1CC1. The zero-order valence-corrected chi connectivity index (χ0v) is 10.4. The van der Waals surface area contributed by atoms with Crippen molar-refractivity contribution in [2.45, 2.75) is 25.1 Å². The van der Waals surface area contributed by atoms with Crippen LogP contribution in [0.2, 0.25) is 0 Å². The van der Waals surface area contributed by atoms with Crippen LogP contribution < -0.4 is 0 Å². The summed E-state index contributed by atoms with van der Waals surface area (Å²) >= 11 is 0. The quantitative estimate of drug-likeness (QED) is 0.925. The number of carboxylic acids is 1. The van der Waals surface area contributed by atoms with Gasteiger partial charge in [0.2, 0.25) is 0 Å². The number of alkyl halides is 3. The summed E-state index contributed by atoms with van der Waals surface area (Å²) in [7, 11) is 0. The highest BCUT2D eigenvalue weighted by atomic mass is 19.4. The zero-order chi connectivity index (χ0) is 14.9. The first-order chi connectivity index (χ1) is 9.29. The molecule has 108 valence electrons. The highest BCUT2D eigenvalue weighted by molar-refractivity contribution is 5.96. The largest absolute Gasteiger partial charge is 0.480 e. The molecule has 0 bridgehead atoms. The second-order valence-corrected chi connectivity index (χ2v) is 4.63. The van der Waals surface area contributed by atoms with Crippen LogP contribution in [0.5, 0.6) is 0 Å². The number of aliphatic carboxylic acids is 1. The Bertz CT molecular complexity index is 521. The van der Waals surface area contributed by atoms with Gasteiger partial charge in [0.25, 0.3) is 5.91 Å². The van der Waals surface area contributed by atoms with Crippen molar-refractivity contribution < 1.29 is 27.9 Å². The molecular weight excluding hydrogens is 275 g/mol. The fourth-order valence-electron chi connectivity index (χ4n) is 1.87. The topological polar surface area (TPSA) is 57.6 Å². The van der Waals surface area contributed by atoms with Gasteiger partial charge >= 0.3 is 12.1 Å². The standard InChI is InChI=1S/C13H12F3NO3/c14-13(15,16)9-3-1-8(2-4-9)12(20)17(7-11(18)19)10-5-6-10/h1-4,10H,5-7H2,(H,18,19). The minimum atomic E-state index is -4.46. The molecule has 0 unspecified atom stereocenters. The number of nitrogens with zero attached hydrogens (tertiary/aromatic N) is 1. The average molecular weight is 287 g/mol. The van der Waals surface area contributed by atoms with Gasteiger partial charge < -0.3 is 10.0 Å². The van der Waals surface area contributed by atoms with Crippen LogP contribution in [0, 0.1) is 0 Å². The third-order valence-electron chi connectivity index (χ3n) is 3.01. The number of hydrogen-bond donors (Lipinski definition) is 1. The van der Waals surface area contributed by atoms with E-state index in [-0.39, 0.29) is 11.6 Å². The van der Waals surface area contributed by atoms with Crippen LogP contribution in [0.25, 0.3) is 0 Å². The van der Waals surface area contributed by atoms with Crippen LogP contribution in [-0.4, -0.2) is 34.5 Å². The van der Waals surface area contributed by atoms with Gasteiger partial charge in [-0.3, -0.25) is 9.59 Å². The monoisotopic (exact) mass is 287 g/mol. The van der Waals surface area contributed by atoms with Crippen molar-refractivity contribution >= 4 is 11.9 Å². The first-order valence-electron chi connectivity index (χ1n) is 5.99. The molecule has 1 aromatic rings. The van der Waals surface area contributed by atoms with E-state index in [1.165, 1.54) is 4.90 Å². The predicted octanol–water partition coefficient (Wildman–Crippen LogP) is 2.39. The van der Waals surface area contributed by atoms with Crippen molar-refractivity contribution in [3.05, 3.63) is 35.4 Å². The summed E-state index contributed by atoms with van der Waals surface area (Å²) in [5.74, 6) is -1.69. The fourth-order valence-corrected chi connectivity index (χ4v) is 1.87. The number of carbonyl (C=O) groups excluding carboxylic acids is 1. The first-order valence-corrected chi connectivity index (χ1v) is 5.99. The van der Waals surface area contributed by atoms with E-state index in [1.807, 2.05) is 0 Å². The Morgan fingerprint density at radius 1 is 1.20 bits per heavy atom. The third kappa shape index (κ3) is 3.28. The molecule has 0 saturated heterocycles. The van der Waals surface area contributed by atoms with Crippen molar-refractivity contribution in [3.63, 3.8) is 0 Å². The number of carboxylic acid groups (broad SMARTS) is 1. The van der Waals surface area contributed by atoms with E-state index >= 15 is 0 Å². The lowest BCUT2D eigenvalue weighted by Crippen LogP contribution is -2.37. The summed E-state index contributed by atoms with van der Waals surface area (Å²) in [6, 6.07) is 3.66. The summed E-state index contributed by atoms with van der Waals surface area (Å²) in [6.07, 6.45) is -3.02. The number of benzene rings is 1. The number of hydrogen-bond acceptors (Lipinski definition) is 2. The molecule has 0 aliphatic heterocycles. The van der Waals surface area contributed by atoms with Gasteiger partial charge in [-0.1, -0.05) is 0 Å². The van der Waals surface area contributed by atoms with Crippen molar-refractivity contribution in [3.8, 4) is 0 Å². The van der Waals surface area contributed by atoms with Gasteiger partial charge in [-0.15, -0.1) is 0 Å². The maximum absolute atomic E-state index is 12.4. The number of halogens is 3. The molecule has 7 heteroatoms. The van der Waals surface area contributed by atoms with E-state index in [9.17, 15) is 22.8 Å². The molecule has 0 radical (unpaired) electrons. The van der Waals surface area contributed by atoms with Gasteiger partial charge in [0.05, 0.1) is 5.56 Å². The van der Waals surface area contributed by atoms with Crippen LogP contribution in [0.1, 0.15) is 28.8 Å². The van der Waals surface area contributed by atoms with Gasteiger partial charge in [0.15, 0.2) is 0 Å². The van der Waals surface area contributed by atoms with Gasteiger partial charge in [0.1, 0.15) is 6.54 Å². The maximum atomic E-state index is 12.4. The zero-order valence-electron chi connectivity index (χ0n) is 10.4. The molecule has 0 heterocycles. The molecule has 4 nitrogen and oxygen atoms in total. The summed E-state index contributed by atoms with van der Waals surface area (Å²) in [6.45, 7) is -0.440. The highest BCUT2D eigenvalue weighted by Crippen LogP contribution is 2.31. The Balaban J connectivity index is 2.17. The van der Waals surface area contributed by atoms with Crippen LogP contribution in [-0.2, 0) is 11.0 Å². The minimum Gasteiger partial charge on any atom is -0.480 e. The molecule has 0 aromatic heterocycles. The molecule has 1 aromatic carbocycles. The molecule has 0 spiro atoms. The van der Waals surface area contributed by atoms with E-state index < -0.39 is 30.2 Å². The van der Waals surface area contributed by atoms with E-state index in [0.717, 1.165) is 37.1 Å². The lowest BCUT2D eigenvalue weighted by atomic mass is 10.1. The van der Waals surface area contributed by atoms with Crippen LogP contribution in [0.15, 0.2) is 24.3 Å². The van der Waals surface area contributed by atoms with Crippen LogP contribution >= 0.6 is 0 Å². The normalized spacial score (nSPS) is 14.9. The predicted molar refractivity (Wildman–Crippen MR) is 63.1 cm³/mol. The lowest BCUT2D eigenvalue weighted by Gasteiger charge is -2.20. The molecule has 2 rings (SSSR count). The molecule has 1 N–H and O–H groups in total. The second kappa shape index (κ2) is 5.15. The Kier molecular flexibility index (Phi) is 3.69. The second-order valence-electron chi connectivity index (χ2n) is 4.63. The molecule has 1 fully saturated rings. The smallest absolute Gasteiger partial charge is 0.416 e. The van der Waals surface area contributed by atoms with Gasteiger partial charge in [-0.05, 0) is 37.1 Å². The summed E-state index contributed by atoms with van der Waals surface area (Å²) in [5.41, 5.74) is -0.781. The maximum Gasteiger partial charge on any atom is 0.416 e. The summed E-state index contributed by atoms with van der Waals surface area (Å²) in [4.78, 5) is 24.0. The molecule has 1 amide bonds. The summed E-state index contributed by atoms with van der Waals surface area (Å²) in [5, 5.41) is 8.76. The van der Waals surface area contributed by atoms with Crippen molar-refractivity contribution in [1.82, 2.24) is 4.90 Å². The number of rotatable bonds is 4. The van der Waals surface area contributed by atoms with Crippen LogP contribution in [0.3, 0.4) is 0 Å². The molecule has 20 heavy (non-hydrogen) atoms. The Morgan fingerprint density at radius 2 is 1.75 bits per heavy atom. The first kappa shape index (κ1) is 14.4. The van der Waals surface area contributed by atoms with E-state index in [2.05, 4.69) is 0 Å². The summed E-state index contributed by atoms with van der Waals surface area (Å²) < 4.78 is 37.2. The molecule has 1 saturated carbocycles. The fraction of sp³-hybridized carbons (Fsp3) is 0.385.